The smallest absolute Gasteiger partial charge is 0.397 e. The number of hydrogen-bond acceptors (Lipinski definition) is 6. The fourth-order valence-corrected chi connectivity index (χ4v) is 5.48. The number of thiophene rings is 2. The van der Waals surface area contributed by atoms with E-state index < -0.39 is 17.6 Å². The molecule has 0 bridgehead atoms. The van der Waals surface area contributed by atoms with Gasteiger partial charge in [-0.05, 0) is 29.6 Å². The molecule has 5 rings (SSSR count). The summed E-state index contributed by atoms with van der Waals surface area (Å²) >= 11 is 2.03. The number of ketones is 1. The maximum atomic E-state index is 14.0. The summed E-state index contributed by atoms with van der Waals surface area (Å²) < 4.78 is 41.9. The number of alkyl halides is 3. The summed E-state index contributed by atoms with van der Waals surface area (Å²) in [6.45, 7) is 0. The van der Waals surface area contributed by atoms with Crippen LogP contribution in [-0.4, -0.2) is 16.7 Å². The number of rotatable bonds is 5. The Bertz CT molecular complexity index is 1590. The quantitative estimate of drug-likeness (QED) is 0.241. The number of carbonyl (C=O) groups excluding carboxylic acids is 2. The maximum Gasteiger partial charge on any atom is 0.417 e. The molecule has 2 aromatic carbocycles. The van der Waals surface area contributed by atoms with Crippen molar-refractivity contribution in [3.8, 4) is 10.6 Å². The summed E-state index contributed by atoms with van der Waals surface area (Å²) in [5.74, 6) is -1.04. The molecule has 0 unspecified atom stereocenters. The number of fused-ring (bicyclic) bond motifs is 1. The summed E-state index contributed by atoms with van der Waals surface area (Å²) in [4.78, 5) is 31.0. The first kappa shape index (κ1) is 23.7. The number of anilines is 2. The second kappa shape index (κ2) is 9.21. The molecule has 0 saturated carbocycles. The van der Waals surface area contributed by atoms with E-state index in [0.29, 0.717) is 10.4 Å². The number of nitrogens with one attached hydrogen (secondary N) is 1. The number of nitrogens with two attached hydrogens (primary N) is 1. The van der Waals surface area contributed by atoms with E-state index in [-0.39, 0.29) is 43.5 Å². The monoisotopic (exact) mass is 523 g/mol. The summed E-state index contributed by atoms with van der Waals surface area (Å²) in [6.07, 6.45) is -4.70. The first-order valence-corrected chi connectivity index (χ1v) is 12.3. The van der Waals surface area contributed by atoms with Crippen molar-refractivity contribution in [3.63, 3.8) is 0 Å². The standard InChI is InChI=1S/C26H16F3N3O2S2/c27-26(28,29)16-13-18(19-11-6-12-35-19)32-25-20(16)21(30)23(36-25)24(34)31-17-10-5-4-9-15(17)22(33)14-7-2-1-3-8-14/h1-13H,30H2,(H,31,34). The van der Waals surface area contributed by atoms with Crippen molar-refractivity contribution in [2.24, 2.45) is 0 Å². The van der Waals surface area contributed by atoms with Crippen molar-refractivity contribution in [2.75, 3.05) is 11.1 Å². The third-order valence-electron chi connectivity index (χ3n) is 5.44. The predicted octanol–water partition coefficient (Wildman–Crippen LogP) is 7.11. The van der Waals surface area contributed by atoms with Crippen LogP contribution in [0.25, 0.3) is 20.8 Å². The van der Waals surface area contributed by atoms with Crippen LogP contribution in [0.1, 0.15) is 31.2 Å². The molecule has 0 atom stereocenters. The summed E-state index contributed by atoms with van der Waals surface area (Å²) in [5, 5.41) is 4.07. The van der Waals surface area contributed by atoms with Crippen molar-refractivity contribution >= 4 is 56.0 Å². The second-order valence-electron chi connectivity index (χ2n) is 7.75. The molecule has 0 aliphatic heterocycles. The molecule has 1 amide bonds. The highest BCUT2D eigenvalue weighted by atomic mass is 32.1. The fourth-order valence-electron chi connectivity index (χ4n) is 3.78. The van der Waals surface area contributed by atoms with Crippen molar-refractivity contribution in [1.82, 2.24) is 4.98 Å². The van der Waals surface area contributed by atoms with E-state index in [9.17, 15) is 22.8 Å². The van der Waals surface area contributed by atoms with E-state index in [4.69, 9.17) is 5.73 Å². The minimum atomic E-state index is -4.70. The zero-order valence-corrected chi connectivity index (χ0v) is 19.9. The SMILES string of the molecule is Nc1c(C(=O)Nc2ccccc2C(=O)c2ccccc2)sc2nc(-c3cccs3)cc(C(F)(F)F)c12. The molecule has 5 aromatic rings. The van der Waals surface area contributed by atoms with Gasteiger partial charge in [0.1, 0.15) is 9.71 Å². The molecule has 3 N–H and O–H groups in total. The number of para-hydroxylation sites is 1. The van der Waals surface area contributed by atoms with Crippen molar-refractivity contribution in [2.45, 2.75) is 6.18 Å². The molecule has 0 aliphatic rings. The van der Waals surface area contributed by atoms with Crippen LogP contribution >= 0.6 is 22.7 Å². The van der Waals surface area contributed by atoms with Crippen LogP contribution in [0.15, 0.2) is 78.2 Å². The number of halogens is 3. The number of nitrogens with zero attached hydrogens (tertiary/aromatic N) is 1. The van der Waals surface area contributed by atoms with Gasteiger partial charge in [-0.25, -0.2) is 4.98 Å². The van der Waals surface area contributed by atoms with Gasteiger partial charge in [0.05, 0.1) is 27.5 Å². The normalized spacial score (nSPS) is 11.5. The lowest BCUT2D eigenvalue weighted by Crippen LogP contribution is -2.15. The van der Waals surface area contributed by atoms with Crippen molar-refractivity contribution in [1.29, 1.82) is 0 Å². The highest BCUT2D eigenvalue weighted by molar-refractivity contribution is 7.21. The van der Waals surface area contributed by atoms with E-state index >= 15 is 0 Å². The Kier molecular flexibility index (Phi) is 6.07. The Morgan fingerprint density at radius 1 is 0.944 bits per heavy atom. The van der Waals surface area contributed by atoms with E-state index in [1.165, 1.54) is 11.3 Å². The van der Waals surface area contributed by atoms with Gasteiger partial charge >= 0.3 is 6.18 Å². The Hall–Kier alpha value is -4.02. The topological polar surface area (TPSA) is 85.1 Å². The van der Waals surface area contributed by atoms with Gasteiger partial charge in [-0.3, -0.25) is 9.59 Å². The third kappa shape index (κ3) is 4.36. The summed E-state index contributed by atoms with van der Waals surface area (Å²) in [7, 11) is 0. The minimum absolute atomic E-state index is 0.00419. The van der Waals surface area contributed by atoms with Gasteiger partial charge in [0.25, 0.3) is 5.91 Å². The number of amides is 1. The first-order valence-electron chi connectivity index (χ1n) is 10.6. The molecular weight excluding hydrogens is 507 g/mol. The molecule has 3 aromatic heterocycles. The molecular formula is C26H16F3N3O2S2. The molecule has 3 heterocycles. The number of benzene rings is 2. The van der Waals surface area contributed by atoms with Gasteiger partial charge in [0.15, 0.2) is 5.78 Å². The molecule has 0 fully saturated rings. The van der Waals surface area contributed by atoms with Crippen LogP contribution in [-0.2, 0) is 6.18 Å². The van der Waals surface area contributed by atoms with Crippen LogP contribution in [0.2, 0.25) is 0 Å². The van der Waals surface area contributed by atoms with Crippen LogP contribution in [0.5, 0.6) is 0 Å². The van der Waals surface area contributed by atoms with Crippen molar-refractivity contribution < 1.29 is 22.8 Å². The molecule has 5 nitrogen and oxygen atoms in total. The summed E-state index contributed by atoms with van der Waals surface area (Å²) in [6, 6.07) is 19.3. The van der Waals surface area contributed by atoms with E-state index in [0.717, 1.165) is 17.4 Å². The average Bonchev–Trinajstić information content (AvgIpc) is 3.52. The summed E-state index contributed by atoms with van der Waals surface area (Å²) in [5.41, 5.74) is 5.87. The Balaban J connectivity index is 1.56. The number of aromatic nitrogens is 1. The molecule has 0 radical (unpaired) electrons. The van der Waals surface area contributed by atoms with Gasteiger partial charge in [-0.1, -0.05) is 48.5 Å². The minimum Gasteiger partial charge on any atom is -0.397 e. The first-order chi connectivity index (χ1) is 17.2. The number of hydrogen-bond donors (Lipinski definition) is 2. The lowest BCUT2D eigenvalue weighted by molar-refractivity contribution is -0.136. The van der Waals surface area contributed by atoms with Crippen LogP contribution in [0.3, 0.4) is 0 Å². The number of pyridine rings is 1. The van der Waals surface area contributed by atoms with Gasteiger partial charge < -0.3 is 11.1 Å². The largest absolute Gasteiger partial charge is 0.417 e. The molecule has 10 heteroatoms. The number of carbonyl (C=O) groups is 2. The maximum absolute atomic E-state index is 14.0. The highest BCUT2D eigenvalue weighted by Crippen LogP contribution is 2.44. The Labute approximate surface area is 211 Å². The van der Waals surface area contributed by atoms with Crippen LogP contribution < -0.4 is 11.1 Å². The Morgan fingerprint density at radius 3 is 2.36 bits per heavy atom. The fraction of sp³-hybridized carbons (Fsp3) is 0.0385. The van der Waals surface area contributed by atoms with Gasteiger partial charge in [0.2, 0.25) is 0 Å². The lowest BCUT2D eigenvalue weighted by Gasteiger charge is -2.11. The Morgan fingerprint density at radius 2 is 1.67 bits per heavy atom. The zero-order valence-electron chi connectivity index (χ0n) is 18.3. The highest BCUT2D eigenvalue weighted by Gasteiger charge is 2.36. The molecule has 36 heavy (non-hydrogen) atoms. The second-order valence-corrected chi connectivity index (χ2v) is 9.70. The predicted molar refractivity (Wildman–Crippen MR) is 137 cm³/mol. The van der Waals surface area contributed by atoms with Gasteiger partial charge in [0, 0.05) is 16.5 Å². The molecule has 0 saturated heterocycles. The molecule has 180 valence electrons. The van der Waals surface area contributed by atoms with Gasteiger partial charge in [-0.15, -0.1) is 22.7 Å². The molecule has 0 spiro atoms. The lowest BCUT2D eigenvalue weighted by atomic mass is 10.0. The average molecular weight is 524 g/mol. The number of nitrogen functional groups attached to an aromatic ring is 1. The van der Waals surface area contributed by atoms with Crippen LogP contribution in [0, 0.1) is 0 Å². The van der Waals surface area contributed by atoms with E-state index in [1.807, 2.05) is 0 Å². The zero-order chi connectivity index (χ0) is 25.4. The van der Waals surface area contributed by atoms with E-state index in [1.54, 1.807) is 72.1 Å². The third-order valence-corrected chi connectivity index (χ3v) is 7.43. The van der Waals surface area contributed by atoms with E-state index in [2.05, 4.69) is 10.3 Å². The molecule has 0 aliphatic carbocycles. The van der Waals surface area contributed by atoms with Gasteiger partial charge in [-0.2, -0.15) is 13.2 Å². The van der Waals surface area contributed by atoms with Crippen molar-refractivity contribution in [3.05, 3.63) is 99.7 Å². The van der Waals surface area contributed by atoms with Crippen LogP contribution in [0.4, 0.5) is 24.5 Å².